The molecule has 0 amide bonds. The number of aromatic nitrogens is 2. The molecule has 0 aliphatic carbocycles. The zero-order valence-electron chi connectivity index (χ0n) is 14.0. The predicted octanol–water partition coefficient (Wildman–Crippen LogP) is 6.13. The number of hydrogen-bond acceptors (Lipinski definition) is 4. The van der Waals surface area contributed by atoms with Crippen LogP contribution in [0.2, 0.25) is 5.02 Å². The SMILES string of the molecule is Cc1ccc(-c2nnc(/C=C/c3ccc(-c4ccc(Cl)cc4)o3)o2)cc1. The van der Waals surface area contributed by atoms with Gasteiger partial charge in [-0.2, -0.15) is 0 Å². The van der Waals surface area contributed by atoms with Gasteiger partial charge in [0.1, 0.15) is 11.5 Å². The van der Waals surface area contributed by atoms with Gasteiger partial charge in [0.05, 0.1) is 0 Å². The summed E-state index contributed by atoms with van der Waals surface area (Å²) < 4.78 is 11.5. The van der Waals surface area contributed by atoms with E-state index in [1.165, 1.54) is 5.56 Å². The molecule has 4 aromatic rings. The van der Waals surface area contributed by atoms with E-state index in [1.807, 2.05) is 67.6 Å². The zero-order valence-corrected chi connectivity index (χ0v) is 14.8. The third-order valence-corrected chi connectivity index (χ3v) is 4.14. The number of aryl methyl sites for hydroxylation is 1. The van der Waals surface area contributed by atoms with Crippen LogP contribution in [-0.2, 0) is 0 Å². The van der Waals surface area contributed by atoms with Gasteiger partial charge in [-0.25, -0.2) is 0 Å². The first-order chi connectivity index (χ1) is 12.7. The van der Waals surface area contributed by atoms with Crippen molar-refractivity contribution in [3.8, 4) is 22.8 Å². The Kier molecular flexibility index (Phi) is 4.42. The van der Waals surface area contributed by atoms with Crippen molar-refractivity contribution in [2.24, 2.45) is 0 Å². The molecule has 5 heteroatoms. The molecule has 4 nitrogen and oxygen atoms in total. The van der Waals surface area contributed by atoms with Crippen molar-refractivity contribution in [2.75, 3.05) is 0 Å². The molecule has 0 radical (unpaired) electrons. The molecule has 0 atom stereocenters. The van der Waals surface area contributed by atoms with Crippen LogP contribution in [-0.4, -0.2) is 10.2 Å². The Morgan fingerprint density at radius 3 is 2.27 bits per heavy atom. The fourth-order valence-electron chi connectivity index (χ4n) is 2.48. The van der Waals surface area contributed by atoms with E-state index in [2.05, 4.69) is 10.2 Å². The maximum atomic E-state index is 5.91. The van der Waals surface area contributed by atoms with E-state index in [9.17, 15) is 0 Å². The van der Waals surface area contributed by atoms with E-state index in [1.54, 1.807) is 12.2 Å². The van der Waals surface area contributed by atoms with E-state index in [4.69, 9.17) is 20.4 Å². The normalized spacial score (nSPS) is 11.3. The number of halogens is 1. The molecule has 2 aromatic heterocycles. The highest BCUT2D eigenvalue weighted by molar-refractivity contribution is 6.30. The van der Waals surface area contributed by atoms with Crippen LogP contribution in [0.15, 0.2) is 69.5 Å². The van der Waals surface area contributed by atoms with Crippen LogP contribution in [0.25, 0.3) is 34.9 Å². The highest BCUT2D eigenvalue weighted by Crippen LogP contribution is 2.25. The molecular formula is C21H15ClN2O2. The fourth-order valence-corrected chi connectivity index (χ4v) is 2.61. The zero-order chi connectivity index (χ0) is 17.9. The monoisotopic (exact) mass is 362 g/mol. The van der Waals surface area contributed by atoms with Gasteiger partial charge in [0, 0.05) is 22.2 Å². The Hall–Kier alpha value is -3.11. The number of furan rings is 1. The first kappa shape index (κ1) is 16.4. The molecular weight excluding hydrogens is 348 g/mol. The van der Waals surface area contributed by atoms with Crippen LogP contribution in [0.1, 0.15) is 17.2 Å². The van der Waals surface area contributed by atoms with Crippen LogP contribution >= 0.6 is 11.6 Å². The van der Waals surface area contributed by atoms with Crippen molar-refractivity contribution in [3.63, 3.8) is 0 Å². The Balaban J connectivity index is 1.50. The third-order valence-electron chi connectivity index (χ3n) is 3.88. The molecule has 0 unspecified atom stereocenters. The Morgan fingerprint density at radius 1 is 0.769 bits per heavy atom. The first-order valence-corrected chi connectivity index (χ1v) is 8.49. The minimum absolute atomic E-state index is 0.421. The topological polar surface area (TPSA) is 52.1 Å². The maximum absolute atomic E-state index is 5.91. The average Bonchev–Trinajstić information content (AvgIpc) is 3.31. The second kappa shape index (κ2) is 7.02. The molecule has 0 fully saturated rings. The van der Waals surface area contributed by atoms with Crippen molar-refractivity contribution in [3.05, 3.63) is 82.9 Å². The largest absolute Gasteiger partial charge is 0.457 e. The molecule has 2 heterocycles. The molecule has 0 saturated carbocycles. The van der Waals surface area contributed by atoms with Crippen molar-refractivity contribution >= 4 is 23.8 Å². The van der Waals surface area contributed by atoms with Gasteiger partial charge in [-0.15, -0.1) is 10.2 Å². The lowest BCUT2D eigenvalue weighted by Crippen LogP contribution is -1.77. The molecule has 0 bridgehead atoms. The molecule has 26 heavy (non-hydrogen) atoms. The third kappa shape index (κ3) is 3.60. The molecule has 0 N–H and O–H groups in total. The Morgan fingerprint density at radius 2 is 1.50 bits per heavy atom. The fraction of sp³-hybridized carbons (Fsp3) is 0.0476. The summed E-state index contributed by atoms with van der Waals surface area (Å²) in [5, 5.41) is 8.82. The molecule has 0 saturated heterocycles. The van der Waals surface area contributed by atoms with Gasteiger partial charge in [0.25, 0.3) is 0 Å². The summed E-state index contributed by atoms with van der Waals surface area (Å²) >= 11 is 5.91. The second-order valence-electron chi connectivity index (χ2n) is 5.85. The minimum Gasteiger partial charge on any atom is -0.457 e. The summed E-state index contributed by atoms with van der Waals surface area (Å²) in [4.78, 5) is 0. The highest BCUT2D eigenvalue weighted by atomic mass is 35.5. The molecule has 0 aliphatic rings. The van der Waals surface area contributed by atoms with E-state index >= 15 is 0 Å². The van der Waals surface area contributed by atoms with Gasteiger partial charge < -0.3 is 8.83 Å². The van der Waals surface area contributed by atoms with Crippen molar-refractivity contribution < 1.29 is 8.83 Å². The van der Waals surface area contributed by atoms with Gasteiger partial charge in [0.15, 0.2) is 0 Å². The molecule has 0 spiro atoms. The molecule has 0 aliphatic heterocycles. The summed E-state index contributed by atoms with van der Waals surface area (Å²) in [6, 6.07) is 19.2. The maximum Gasteiger partial charge on any atom is 0.248 e. The van der Waals surface area contributed by atoms with Crippen molar-refractivity contribution in [2.45, 2.75) is 6.92 Å². The average molecular weight is 363 g/mol. The predicted molar refractivity (Wildman–Crippen MR) is 103 cm³/mol. The number of rotatable bonds is 4. The van der Waals surface area contributed by atoms with E-state index < -0.39 is 0 Å². The van der Waals surface area contributed by atoms with Gasteiger partial charge in [-0.1, -0.05) is 29.3 Å². The quantitative estimate of drug-likeness (QED) is 0.438. The van der Waals surface area contributed by atoms with Crippen LogP contribution in [0.3, 0.4) is 0 Å². The lowest BCUT2D eigenvalue weighted by atomic mass is 10.1. The Bertz CT molecular complexity index is 959. The van der Waals surface area contributed by atoms with Crippen molar-refractivity contribution in [1.29, 1.82) is 0 Å². The number of nitrogens with zero attached hydrogens (tertiary/aromatic N) is 2. The summed E-state index contributed by atoms with van der Waals surface area (Å²) in [5.41, 5.74) is 3.04. The lowest BCUT2D eigenvalue weighted by Gasteiger charge is -1.96. The molecule has 4 rings (SSSR count). The smallest absolute Gasteiger partial charge is 0.248 e. The summed E-state index contributed by atoms with van der Waals surface area (Å²) in [5.74, 6) is 2.38. The summed E-state index contributed by atoms with van der Waals surface area (Å²) in [6.45, 7) is 2.04. The van der Waals surface area contributed by atoms with E-state index in [0.717, 1.165) is 16.9 Å². The van der Waals surface area contributed by atoms with Gasteiger partial charge >= 0.3 is 0 Å². The van der Waals surface area contributed by atoms with Crippen molar-refractivity contribution in [1.82, 2.24) is 10.2 Å². The van der Waals surface area contributed by atoms with Crippen LogP contribution < -0.4 is 0 Å². The molecule has 128 valence electrons. The number of benzene rings is 2. The highest BCUT2D eigenvalue weighted by Gasteiger charge is 2.07. The molecule has 2 aromatic carbocycles. The second-order valence-corrected chi connectivity index (χ2v) is 6.29. The van der Waals surface area contributed by atoms with E-state index in [-0.39, 0.29) is 0 Å². The summed E-state index contributed by atoms with van der Waals surface area (Å²) in [6.07, 6.45) is 3.53. The number of hydrogen-bond donors (Lipinski definition) is 0. The van der Waals surface area contributed by atoms with Crippen LogP contribution in [0.5, 0.6) is 0 Å². The van der Waals surface area contributed by atoms with Gasteiger partial charge in [-0.3, -0.25) is 0 Å². The van der Waals surface area contributed by atoms with Crippen LogP contribution in [0, 0.1) is 6.92 Å². The van der Waals surface area contributed by atoms with E-state index in [0.29, 0.717) is 22.6 Å². The van der Waals surface area contributed by atoms with Crippen LogP contribution in [0.4, 0.5) is 0 Å². The Labute approximate surface area is 155 Å². The summed E-state index contributed by atoms with van der Waals surface area (Å²) in [7, 11) is 0. The first-order valence-electron chi connectivity index (χ1n) is 8.12. The lowest BCUT2D eigenvalue weighted by molar-refractivity contribution is 0.556. The van der Waals surface area contributed by atoms with Gasteiger partial charge in [0.2, 0.25) is 11.8 Å². The standard InChI is InChI=1S/C21H15ClN2O2/c1-14-2-4-16(5-3-14)21-24-23-20(26-21)13-11-18-10-12-19(25-18)15-6-8-17(22)9-7-15/h2-13H,1H3/b13-11+. The minimum atomic E-state index is 0.421. The van der Waals surface area contributed by atoms with Gasteiger partial charge in [-0.05, 0) is 61.5 Å².